The van der Waals surface area contributed by atoms with E-state index in [1.165, 1.54) is 57.1 Å². The molecule has 100 valence electrons. The van der Waals surface area contributed by atoms with Crippen LogP contribution in [0.15, 0.2) is 0 Å². The van der Waals surface area contributed by atoms with Crippen LogP contribution in [0.25, 0.3) is 0 Å². The fourth-order valence-electron chi connectivity index (χ4n) is 2.91. The Labute approximate surface area is 110 Å². The Morgan fingerprint density at radius 2 is 2.12 bits per heavy atom. The molecule has 0 aromatic rings. The van der Waals surface area contributed by atoms with Gasteiger partial charge in [0.2, 0.25) is 0 Å². The zero-order valence-corrected chi connectivity index (χ0v) is 12.1. The minimum absolute atomic E-state index is 0.711. The topological polar surface area (TPSA) is 18.5 Å². The van der Waals surface area contributed by atoms with Crippen LogP contribution in [-0.4, -0.2) is 73.2 Å². The van der Waals surface area contributed by atoms with Crippen molar-refractivity contribution >= 4 is 11.8 Å². The molecule has 2 saturated heterocycles. The summed E-state index contributed by atoms with van der Waals surface area (Å²) in [7, 11) is 2.31. The molecule has 0 aromatic heterocycles. The van der Waals surface area contributed by atoms with Gasteiger partial charge in [0.15, 0.2) is 0 Å². The van der Waals surface area contributed by atoms with Crippen molar-refractivity contribution in [2.75, 3.05) is 51.3 Å². The molecule has 2 aliphatic rings. The first-order chi connectivity index (χ1) is 8.29. The van der Waals surface area contributed by atoms with Crippen molar-refractivity contribution in [2.24, 2.45) is 0 Å². The predicted octanol–water partition coefficient (Wildman–Crippen LogP) is 1.11. The summed E-state index contributed by atoms with van der Waals surface area (Å²) >= 11 is 2.10. The number of nitrogens with one attached hydrogen (secondary N) is 1. The second-order valence-electron chi connectivity index (χ2n) is 5.33. The van der Waals surface area contributed by atoms with E-state index in [2.05, 4.69) is 40.8 Å². The predicted molar refractivity (Wildman–Crippen MR) is 76.9 cm³/mol. The van der Waals surface area contributed by atoms with Crippen LogP contribution < -0.4 is 5.32 Å². The summed E-state index contributed by atoms with van der Waals surface area (Å²) in [6.45, 7) is 8.49. The summed E-state index contributed by atoms with van der Waals surface area (Å²) < 4.78 is 0. The Morgan fingerprint density at radius 3 is 2.71 bits per heavy atom. The highest BCUT2D eigenvalue weighted by atomic mass is 32.2. The van der Waals surface area contributed by atoms with Crippen molar-refractivity contribution in [3.8, 4) is 0 Å². The van der Waals surface area contributed by atoms with Crippen LogP contribution in [0.2, 0.25) is 0 Å². The number of hydrogen-bond donors (Lipinski definition) is 1. The van der Waals surface area contributed by atoms with Crippen molar-refractivity contribution in [1.82, 2.24) is 15.1 Å². The van der Waals surface area contributed by atoms with Crippen LogP contribution in [0.4, 0.5) is 0 Å². The molecule has 0 radical (unpaired) electrons. The Hall–Kier alpha value is 0.230. The molecule has 0 spiro atoms. The maximum absolute atomic E-state index is 3.64. The van der Waals surface area contributed by atoms with Gasteiger partial charge in [0, 0.05) is 36.7 Å². The molecule has 0 aromatic carbocycles. The van der Waals surface area contributed by atoms with Crippen LogP contribution in [0.1, 0.15) is 19.8 Å². The lowest BCUT2D eigenvalue weighted by Gasteiger charge is -2.38. The molecule has 1 N–H and O–H groups in total. The fraction of sp³-hybridized carbons (Fsp3) is 1.00. The molecule has 0 aliphatic carbocycles. The molecular weight excluding hydrogens is 230 g/mol. The number of likely N-dealkylation sites (tertiary alicyclic amines) is 1. The van der Waals surface area contributed by atoms with Crippen molar-refractivity contribution in [2.45, 2.75) is 31.8 Å². The van der Waals surface area contributed by atoms with E-state index in [-0.39, 0.29) is 0 Å². The average Bonchev–Trinajstić information content (AvgIpc) is 2.40. The van der Waals surface area contributed by atoms with Gasteiger partial charge in [-0.1, -0.05) is 6.92 Å². The molecule has 1 atom stereocenters. The summed E-state index contributed by atoms with van der Waals surface area (Å²) in [6, 6.07) is 1.52. The molecule has 2 rings (SSSR count). The zero-order chi connectivity index (χ0) is 12.1. The Morgan fingerprint density at radius 1 is 1.35 bits per heavy atom. The summed E-state index contributed by atoms with van der Waals surface area (Å²) in [6.07, 6.45) is 2.70. The van der Waals surface area contributed by atoms with Crippen molar-refractivity contribution in [1.29, 1.82) is 0 Å². The maximum Gasteiger partial charge on any atom is 0.0285 e. The Bertz CT molecular complexity index is 211. The quantitative estimate of drug-likeness (QED) is 0.813. The highest BCUT2D eigenvalue weighted by molar-refractivity contribution is 7.99. The van der Waals surface area contributed by atoms with Crippen LogP contribution in [0.3, 0.4) is 0 Å². The smallest absolute Gasteiger partial charge is 0.0285 e. The van der Waals surface area contributed by atoms with Gasteiger partial charge in [-0.2, -0.15) is 11.8 Å². The van der Waals surface area contributed by atoms with Gasteiger partial charge in [0.25, 0.3) is 0 Å². The Balaban J connectivity index is 1.70. The van der Waals surface area contributed by atoms with Crippen molar-refractivity contribution < 1.29 is 0 Å². The van der Waals surface area contributed by atoms with Gasteiger partial charge in [0.05, 0.1) is 0 Å². The first kappa shape index (κ1) is 13.7. The second kappa shape index (κ2) is 6.98. The van der Waals surface area contributed by atoms with Crippen molar-refractivity contribution in [3.63, 3.8) is 0 Å². The minimum atomic E-state index is 0.711. The number of piperidine rings is 1. The summed E-state index contributed by atoms with van der Waals surface area (Å²) in [5.41, 5.74) is 0. The van der Waals surface area contributed by atoms with Gasteiger partial charge in [-0.05, 0) is 39.5 Å². The fourth-order valence-corrected chi connectivity index (χ4v) is 3.85. The molecule has 0 saturated carbocycles. The number of thioether (sulfide) groups is 1. The molecule has 0 bridgehead atoms. The molecule has 4 heteroatoms. The summed E-state index contributed by atoms with van der Waals surface area (Å²) in [4.78, 5) is 5.16. The summed E-state index contributed by atoms with van der Waals surface area (Å²) in [5.74, 6) is 2.58. The van der Waals surface area contributed by atoms with Gasteiger partial charge >= 0.3 is 0 Å². The van der Waals surface area contributed by atoms with Crippen LogP contribution in [0, 0.1) is 0 Å². The second-order valence-corrected chi connectivity index (χ2v) is 6.48. The number of rotatable bonds is 4. The van der Waals surface area contributed by atoms with E-state index >= 15 is 0 Å². The zero-order valence-electron chi connectivity index (χ0n) is 11.3. The summed E-state index contributed by atoms with van der Waals surface area (Å²) in [5, 5.41) is 3.64. The SMILES string of the molecule is CCN1CCC(N(C)CC2CSCCN2)CC1. The lowest BCUT2D eigenvalue weighted by molar-refractivity contribution is 0.125. The molecule has 2 fully saturated rings. The third kappa shape index (κ3) is 4.12. The van der Waals surface area contributed by atoms with E-state index < -0.39 is 0 Å². The largest absolute Gasteiger partial charge is 0.311 e. The maximum atomic E-state index is 3.64. The molecular formula is C13H27N3S. The van der Waals surface area contributed by atoms with E-state index in [1.807, 2.05) is 0 Å². The monoisotopic (exact) mass is 257 g/mol. The normalized spacial score (nSPS) is 28.8. The van der Waals surface area contributed by atoms with Crippen LogP contribution >= 0.6 is 11.8 Å². The number of nitrogens with zero attached hydrogens (tertiary/aromatic N) is 2. The highest BCUT2D eigenvalue weighted by Gasteiger charge is 2.24. The van der Waals surface area contributed by atoms with E-state index in [0.29, 0.717) is 6.04 Å². The molecule has 3 nitrogen and oxygen atoms in total. The van der Waals surface area contributed by atoms with Gasteiger partial charge in [-0.3, -0.25) is 0 Å². The number of hydrogen-bond acceptors (Lipinski definition) is 4. The first-order valence-corrected chi connectivity index (χ1v) is 8.18. The third-order valence-electron chi connectivity index (χ3n) is 4.13. The van der Waals surface area contributed by atoms with E-state index in [4.69, 9.17) is 0 Å². The first-order valence-electron chi connectivity index (χ1n) is 7.03. The lowest BCUT2D eigenvalue weighted by Crippen LogP contribution is -2.50. The molecule has 2 heterocycles. The van der Waals surface area contributed by atoms with E-state index in [0.717, 1.165) is 6.04 Å². The third-order valence-corrected chi connectivity index (χ3v) is 5.27. The number of likely N-dealkylation sites (N-methyl/N-ethyl adjacent to an activating group) is 1. The molecule has 0 amide bonds. The van der Waals surface area contributed by atoms with Crippen LogP contribution in [0.5, 0.6) is 0 Å². The molecule has 2 aliphatic heterocycles. The lowest BCUT2D eigenvalue weighted by atomic mass is 10.0. The van der Waals surface area contributed by atoms with E-state index in [1.54, 1.807) is 0 Å². The van der Waals surface area contributed by atoms with Gasteiger partial charge < -0.3 is 15.1 Å². The minimum Gasteiger partial charge on any atom is -0.311 e. The average molecular weight is 257 g/mol. The molecule has 1 unspecified atom stereocenters. The van der Waals surface area contributed by atoms with E-state index in [9.17, 15) is 0 Å². The Kier molecular flexibility index (Phi) is 5.60. The highest BCUT2D eigenvalue weighted by Crippen LogP contribution is 2.16. The van der Waals surface area contributed by atoms with Gasteiger partial charge in [0.1, 0.15) is 0 Å². The standard InChI is InChI=1S/C13H27N3S/c1-3-16-7-4-13(5-8-16)15(2)10-12-11-17-9-6-14-12/h12-14H,3-11H2,1-2H3. The van der Waals surface area contributed by atoms with Crippen LogP contribution in [-0.2, 0) is 0 Å². The van der Waals surface area contributed by atoms with Gasteiger partial charge in [-0.25, -0.2) is 0 Å². The van der Waals surface area contributed by atoms with Crippen molar-refractivity contribution in [3.05, 3.63) is 0 Å². The van der Waals surface area contributed by atoms with Gasteiger partial charge in [-0.15, -0.1) is 0 Å². The molecule has 17 heavy (non-hydrogen) atoms.